The summed E-state index contributed by atoms with van der Waals surface area (Å²) in [4.78, 5) is 11.8. The Hall–Kier alpha value is -1.57. The average Bonchev–Trinajstić information content (AvgIpc) is 2.46. The van der Waals surface area contributed by atoms with Gasteiger partial charge in [-0.25, -0.2) is 17.6 Å². The normalized spacial score (nSPS) is 14.3. The van der Waals surface area contributed by atoms with Crippen molar-refractivity contribution in [3.8, 4) is 6.07 Å². The Morgan fingerprint density at radius 1 is 1.36 bits per heavy atom. The predicted octanol–water partition coefficient (Wildman–Crippen LogP) is 4.28. The first-order valence-electron chi connectivity index (χ1n) is 7.95. The molecule has 156 valence electrons. The first kappa shape index (κ1) is 26.4. The summed E-state index contributed by atoms with van der Waals surface area (Å²) in [6.45, 7) is 6.57. The third-order valence-corrected chi connectivity index (χ3v) is 5.06. The minimum atomic E-state index is -3.74. The largest absolute Gasteiger partial charge is 0.444 e. The number of nitrogens with one attached hydrogen (secondary N) is 1. The molecule has 0 aromatic heterocycles. The van der Waals surface area contributed by atoms with E-state index in [1.54, 1.807) is 26.8 Å². The lowest BCUT2D eigenvalue weighted by molar-refractivity contribution is 0.0460. The van der Waals surface area contributed by atoms with Gasteiger partial charge >= 0.3 is 6.09 Å². The molecule has 0 saturated carbocycles. The van der Waals surface area contributed by atoms with Crippen LogP contribution in [0.2, 0.25) is 0 Å². The van der Waals surface area contributed by atoms with Crippen LogP contribution in [0.5, 0.6) is 0 Å². The molecule has 0 unspecified atom stereocenters. The molecule has 1 aromatic carbocycles. The molecule has 1 atom stereocenters. The van der Waals surface area contributed by atoms with Crippen LogP contribution in [0.3, 0.4) is 0 Å². The molecule has 0 radical (unpaired) electrons. The molecule has 1 aromatic rings. The highest BCUT2D eigenvalue weighted by molar-refractivity contribution is 9.10. The lowest BCUT2D eigenvalue weighted by Gasteiger charge is -2.32. The molecule has 1 N–H and O–H groups in total. The van der Waals surface area contributed by atoms with Gasteiger partial charge < -0.3 is 10.1 Å². The molecule has 0 saturated heterocycles. The zero-order chi connectivity index (χ0) is 21.0. The van der Waals surface area contributed by atoms with Crippen LogP contribution in [0.4, 0.5) is 9.18 Å². The minimum absolute atomic E-state index is 0. The molecule has 0 heterocycles. The number of nitrogens with zero attached hydrogens (tertiary/aromatic N) is 1. The molecular weight excluding hydrogens is 471 g/mol. The summed E-state index contributed by atoms with van der Waals surface area (Å²) in [5.41, 5.74) is -2.02. The van der Waals surface area contributed by atoms with Gasteiger partial charge in [-0.2, -0.15) is 18.8 Å². The summed E-state index contributed by atoms with van der Waals surface area (Å²) >= 11 is 3.26. The van der Waals surface area contributed by atoms with Gasteiger partial charge in [-0.1, -0.05) is 22.0 Å². The van der Waals surface area contributed by atoms with Crippen molar-refractivity contribution in [2.24, 2.45) is 0 Å². The maximum Gasteiger partial charge on any atom is 0.408 e. The smallest absolute Gasteiger partial charge is 0.408 e. The third kappa shape index (κ3) is 7.81. The molecule has 0 aliphatic carbocycles. The summed E-state index contributed by atoms with van der Waals surface area (Å²) in [5, 5.41) is 11.7. The van der Waals surface area contributed by atoms with Crippen molar-refractivity contribution in [1.82, 2.24) is 5.32 Å². The number of alkyl carbamates (subject to hydrolysis) is 1. The lowest BCUT2D eigenvalue weighted by atomic mass is 9.88. The fourth-order valence-corrected chi connectivity index (χ4v) is 3.17. The number of nitriles is 1. The monoisotopic (exact) mass is 494 g/mol. The molecule has 0 aliphatic rings. The number of hydrogen-bond donors (Lipinski definition) is 1. The Morgan fingerprint density at radius 2 is 1.93 bits per heavy atom. The van der Waals surface area contributed by atoms with E-state index in [0.717, 1.165) is 12.3 Å². The highest BCUT2D eigenvalue weighted by atomic mass is 79.9. The summed E-state index contributed by atoms with van der Waals surface area (Å²) in [6.07, 6.45) is 1.12. The van der Waals surface area contributed by atoms with E-state index in [9.17, 15) is 17.6 Å². The zero-order valence-electron chi connectivity index (χ0n) is 16.3. The van der Waals surface area contributed by atoms with Crippen molar-refractivity contribution in [2.75, 3.05) is 6.26 Å². The van der Waals surface area contributed by atoms with Gasteiger partial charge in [-0.15, -0.1) is 0 Å². The molecule has 1 rings (SSSR count). The van der Waals surface area contributed by atoms with E-state index >= 15 is 0 Å². The van der Waals surface area contributed by atoms with E-state index in [1.165, 1.54) is 25.1 Å². The van der Waals surface area contributed by atoms with E-state index in [4.69, 9.17) is 10.00 Å². The number of sulfone groups is 1. The summed E-state index contributed by atoms with van der Waals surface area (Å²) < 4.78 is 43.6. The molecule has 0 spiro atoms. The van der Waals surface area contributed by atoms with Gasteiger partial charge in [0.25, 0.3) is 0 Å². The second-order valence-electron chi connectivity index (χ2n) is 7.24. The first-order chi connectivity index (χ1) is 12.2. The Kier molecular flexibility index (Phi) is 9.21. The van der Waals surface area contributed by atoms with Gasteiger partial charge in [0.2, 0.25) is 0 Å². The van der Waals surface area contributed by atoms with Crippen molar-refractivity contribution >= 4 is 45.4 Å². The SMILES string of the molecule is CC(C)(C)OC(=O)N[C@@](C)(C/C=C(/C#N)S(C)(=O)=O)c1cc(Br)ccc1F.S. The second kappa shape index (κ2) is 9.76. The van der Waals surface area contributed by atoms with Crippen LogP contribution in [0.1, 0.15) is 39.7 Å². The van der Waals surface area contributed by atoms with Crippen LogP contribution >= 0.6 is 29.4 Å². The summed E-state index contributed by atoms with van der Waals surface area (Å²) in [7, 11) is -3.74. The Labute approximate surface area is 180 Å². The van der Waals surface area contributed by atoms with Crippen molar-refractivity contribution in [3.63, 3.8) is 0 Å². The van der Waals surface area contributed by atoms with Crippen molar-refractivity contribution < 1.29 is 22.3 Å². The van der Waals surface area contributed by atoms with Gasteiger partial charge in [0, 0.05) is 16.3 Å². The molecule has 6 nitrogen and oxygen atoms in total. The number of carbonyl (C=O) groups excluding carboxylic acids is 1. The molecule has 0 fully saturated rings. The van der Waals surface area contributed by atoms with Crippen LogP contribution in [0, 0.1) is 17.1 Å². The Bertz CT molecular complexity index is 905. The van der Waals surface area contributed by atoms with E-state index in [1.807, 2.05) is 0 Å². The first-order valence-corrected chi connectivity index (χ1v) is 10.6. The fourth-order valence-electron chi connectivity index (χ4n) is 2.25. The molecule has 10 heteroatoms. The van der Waals surface area contributed by atoms with Crippen LogP contribution in [-0.2, 0) is 20.1 Å². The number of carbonyl (C=O) groups is 1. The summed E-state index contributed by atoms with van der Waals surface area (Å²) in [6, 6.07) is 5.81. The number of halogens is 2. The number of allylic oxidation sites excluding steroid dienone is 1. The third-order valence-electron chi connectivity index (χ3n) is 3.51. The molecule has 1 amide bonds. The van der Waals surface area contributed by atoms with Crippen LogP contribution in [-0.4, -0.2) is 26.4 Å². The highest BCUT2D eigenvalue weighted by Crippen LogP contribution is 2.31. The lowest BCUT2D eigenvalue weighted by Crippen LogP contribution is -2.46. The van der Waals surface area contributed by atoms with Crippen molar-refractivity contribution in [3.05, 3.63) is 45.0 Å². The highest BCUT2D eigenvalue weighted by Gasteiger charge is 2.33. The second-order valence-corrected chi connectivity index (χ2v) is 10.1. The zero-order valence-corrected chi connectivity index (χ0v) is 19.7. The maximum absolute atomic E-state index is 14.5. The summed E-state index contributed by atoms with van der Waals surface area (Å²) in [5.74, 6) is -0.594. The van der Waals surface area contributed by atoms with Gasteiger partial charge in [0.05, 0.1) is 5.54 Å². The number of hydrogen-bond acceptors (Lipinski definition) is 5. The van der Waals surface area contributed by atoms with E-state index in [2.05, 4.69) is 21.2 Å². The topological polar surface area (TPSA) is 96.3 Å². The average molecular weight is 495 g/mol. The quantitative estimate of drug-likeness (QED) is 0.615. The molecule has 28 heavy (non-hydrogen) atoms. The van der Waals surface area contributed by atoms with Crippen LogP contribution < -0.4 is 5.32 Å². The van der Waals surface area contributed by atoms with Crippen molar-refractivity contribution in [2.45, 2.75) is 45.3 Å². The number of ether oxygens (including phenoxy) is 1. The van der Waals surface area contributed by atoms with E-state index < -0.39 is 37.8 Å². The van der Waals surface area contributed by atoms with E-state index in [-0.39, 0.29) is 25.5 Å². The van der Waals surface area contributed by atoms with Gasteiger partial charge in [0.1, 0.15) is 22.4 Å². The van der Waals surface area contributed by atoms with Gasteiger partial charge in [0.15, 0.2) is 9.84 Å². The number of benzene rings is 1. The standard InChI is InChI=1S/C18H22BrFN2O4S.H2S/c1-17(2,3)26-16(23)22-18(4,9-8-13(11-21)27(5,24)25)14-10-12(19)6-7-15(14)20;/h6-8,10H,9H2,1-5H3,(H,22,23);1H2/b13-8-;/t18-;/m0./s1. The fraction of sp³-hybridized carbons (Fsp3) is 0.444. The minimum Gasteiger partial charge on any atom is -0.444 e. The Balaban J connectivity index is 0.00000729. The van der Waals surface area contributed by atoms with Crippen LogP contribution in [0.25, 0.3) is 0 Å². The van der Waals surface area contributed by atoms with Crippen molar-refractivity contribution in [1.29, 1.82) is 5.26 Å². The number of amides is 1. The van der Waals surface area contributed by atoms with E-state index in [0.29, 0.717) is 4.47 Å². The number of rotatable bonds is 5. The predicted molar refractivity (Wildman–Crippen MR) is 114 cm³/mol. The molecule has 0 bridgehead atoms. The Morgan fingerprint density at radius 3 is 2.39 bits per heavy atom. The molecular formula is C18H24BrFN2O4S2. The van der Waals surface area contributed by atoms with Gasteiger partial charge in [-0.3, -0.25) is 0 Å². The molecule has 0 aliphatic heterocycles. The van der Waals surface area contributed by atoms with Crippen LogP contribution in [0.15, 0.2) is 33.7 Å². The van der Waals surface area contributed by atoms with Gasteiger partial charge in [-0.05, 0) is 52.3 Å². The maximum atomic E-state index is 14.5.